The van der Waals surface area contributed by atoms with E-state index in [1.807, 2.05) is 0 Å². The van der Waals surface area contributed by atoms with E-state index in [9.17, 15) is 4.79 Å². The van der Waals surface area contributed by atoms with Gasteiger partial charge in [0, 0.05) is 17.8 Å². The highest BCUT2D eigenvalue weighted by Gasteiger charge is 2.30. The Kier molecular flexibility index (Phi) is 2.89. The number of para-hydroxylation sites is 1. The predicted octanol–water partition coefficient (Wildman–Crippen LogP) is 2.42. The summed E-state index contributed by atoms with van der Waals surface area (Å²) in [5, 5.41) is 0.518. The highest BCUT2D eigenvalue weighted by atomic mass is 79.9. The number of hydrogen-bond acceptors (Lipinski definition) is 2. The Morgan fingerprint density at radius 1 is 1.53 bits per heavy atom. The lowest BCUT2D eigenvalue weighted by Gasteiger charge is -2.19. The molecule has 1 aromatic rings. The molecule has 5 heteroatoms. The van der Waals surface area contributed by atoms with E-state index in [0.717, 1.165) is 0 Å². The lowest BCUT2D eigenvalue weighted by molar-refractivity contribution is -0.117. The van der Waals surface area contributed by atoms with E-state index in [-0.39, 0.29) is 10.7 Å². The first-order chi connectivity index (χ1) is 7.09. The van der Waals surface area contributed by atoms with Gasteiger partial charge in [-0.05, 0) is 12.1 Å². The summed E-state index contributed by atoms with van der Waals surface area (Å²) >= 11 is 9.45. The van der Waals surface area contributed by atoms with Crippen LogP contribution in [-0.2, 0) is 4.79 Å². The van der Waals surface area contributed by atoms with Crippen molar-refractivity contribution in [3.05, 3.63) is 23.2 Å². The van der Waals surface area contributed by atoms with Gasteiger partial charge in [0.15, 0.2) is 0 Å². The van der Waals surface area contributed by atoms with Crippen molar-refractivity contribution >= 4 is 44.8 Å². The lowest BCUT2D eigenvalue weighted by atomic mass is 10.2. The zero-order valence-electron chi connectivity index (χ0n) is 7.91. The van der Waals surface area contributed by atoms with Crippen molar-refractivity contribution in [2.45, 2.75) is 11.2 Å². The van der Waals surface area contributed by atoms with Crippen LogP contribution in [0.3, 0.4) is 0 Å². The first-order valence-electron chi connectivity index (χ1n) is 4.58. The van der Waals surface area contributed by atoms with Crippen molar-refractivity contribution in [1.29, 1.82) is 0 Å². The van der Waals surface area contributed by atoms with Crippen LogP contribution in [0.2, 0.25) is 5.02 Å². The second-order valence-electron chi connectivity index (χ2n) is 3.48. The Balaban J connectivity index is 2.41. The fraction of sp³-hybridized carbons (Fsp3) is 0.300. The molecule has 1 aliphatic heterocycles. The number of carbonyl (C=O) groups is 1. The summed E-state index contributed by atoms with van der Waals surface area (Å²) in [7, 11) is 0. The molecule has 0 saturated carbocycles. The molecule has 2 N–H and O–H groups in total. The van der Waals surface area contributed by atoms with Gasteiger partial charge < -0.3 is 10.6 Å². The molecule has 1 fully saturated rings. The first-order valence-corrected chi connectivity index (χ1v) is 5.87. The lowest BCUT2D eigenvalue weighted by Crippen LogP contribution is -2.25. The van der Waals surface area contributed by atoms with Gasteiger partial charge in [0.1, 0.15) is 0 Å². The van der Waals surface area contributed by atoms with E-state index >= 15 is 0 Å². The maximum absolute atomic E-state index is 11.7. The fourth-order valence-corrected chi connectivity index (χ4v) is 2.55. The van der Waals surface area contributed by atoms with Gasteiger partial charge in [-0.2, -0.15) is 0 Å². The quantitative estimate of drug-likeness (QED) is 0.637. The summed E-state index contributed by atoms with van der Waals surface area (Å²) in [6, 6.07) is 5.26. The minimum atomic E-state index is 0.0525. The molecule has 2 rings (SSSR count). The van der Waals surface area contributed by atoms with E-state index in [1.165, 1.54) is 0 Å². The Morgan fingerprint density at radius 2 is 2.27 bits per heavy atom. The second-order valence-corrected chi connectivity index (χ2v) is 5.19. The highest BCUT2D eigenvalue weighted by molar-refractivity contribution is 9.09. The maximum Gasteiger partial charge on any atom is 0.228 e. The van der Waals surface area contributed by atoms with Gasteiger partial charge in [0.2, 0.25) is 5.91 Å². The van der Waals surface area contributed by atoms with Gasteiger partial charge in [-0.3, -0.25) is 4.79 Å². The van der Waals surface area contributed by atoms with E-state index in [2.05, 4.69) is 15.9 Å². The molecule has 1 atom stereocenters. The maximum atomic E-state index is 11.7. The van der Waals surface area contributed by atoms with Crippen molar-refractivity contribution < 1.29 is 4.79 Å². The smallest absolute Gasteiger partial charge is 0.228 e. The van der Waals surface area contributed by atoms with Crippen molar-refractivity contribution in [2.24, 2.45) is 0 Å². The third-order valence-electron chi connectivity index (χ3n) is 2.37. The van der Waals surface area contributed by atoms with Crippen LogP contribution >= 0.6 is 27.5 Å². The molecular formula is C10H10BrClN2O. The first kappa shape index (κ1) is 10.8. The number of amides is 1. The van der Waals surface area contributed by atoms with Crippen LogP contribution in [0.1, 0.15) is 6.42 Å². The summed E-state index contributed by atoms with van der Waals surface area (Å²) in [6.45, 7) is 0.618. The number of alkyl halides is 1. The normalized spacial score (nSPS) is 21.1. The molecule has 0 bridgehead atoms. The molecular weight excluding hydrogens is 279 g/mol. The zero-order chi connectivity index (χ0) is 11.0. The molecule has 1 aliphatic rings. The van der Waals surface area contributed by atoms with Crippen molar-refractivity contribution in [2.75, 3.05) is 17.2 Å². The number of nitrogen functional groups attached to an aromatic ring is 1. The summed E-state index contributed by atoms with van der Waals surface area (Å²) in [5.74, 6) is 0.0525. The summed E-state index contributed by atoms with van der Waals surface area (Å²) in [6.07, 6.45) is 0.491. The van der Waals surface area contributed by atoms with Crippen LogP contribution in [0, 0.1) is 0 Å². The van der Waals surface area contributed by atoms with Gasteiger partial charge in [-0.25, -0.2) is 0 Å². The molecule has 0 radical (unpaired) electrons. The number of benzene rings is 1. The van der Waals surface area contributed by atoms with Gasteiger partial charge in [0.25, 0.3) is 0 Å². The molecule has 0 aliphatic carbocycles. The highest BCUT2D eigenvalue weighted by Crippen LogP contribution is 2.35. The molecule has 1 unspecified atom stereocenters. The summed E-state index contributed by atoms with van der Waals surface area (Å²) in [5.41, 5.74) is 6.99. The topological polar surface area (TPSA) is 46.3 Å². The minimum absolute atomic E-state index is 0.0525. The van der Waals surface area contributed by atoms with Crippen molar-refractivity contribution in [3.8, 4) is 0 Å². The van der Waals surface area contributed by atoms with Crippen molar-refractivity contribution in [3.63, 3.8) is 0 Å². The van der Waals surface area contributed by atoms with E-state index in [0.29, 0.717) is 29.4 Å². The third-order valence-corrected chi connectivity index (χ3v) is 3.28. The van der Waals surface area contributed by atoms with Crippen LogP contribution in [-0.4, -0.2) is 17.3 Å². The zero-order valence-corrected chi connectivity index (χ0v) is 10.3. The van der Waals surface area contributed by atoms with Crippen LogP contribution in [0.25, 0.3) is 0 Å². The molecule has 1 amide bonds. The average molecular weight is 290 g/mol. The molecule has 15 heavy (non-hydrogen) atoms. The van der Waals surface area contributed by atoms with Gasteiger partial charge in [-0.1, -0.05) is 33.6 Å². The summed E-state index contributed by atoms with van der Waals surface area (Å²) < 4.78 is 0. The van der Waals surface area contributed by atoms with Crippen LogP contribution in [0.4, 0.5) is 11.4 Å². The van der Waals surface area contributed by atoms with E-state index in [4.69, 9.17) is 17.3 Å². The number of halogens is 2. The van der Waals surface area contributed by atoms with Gasteiger partial charge in [0.05, 0.1) is 16.4 Å². The number of carbonyl (C=O) groups excluding carboxylic acids is 1. The average Bonchev–Trinajstić information content (AvgIpc) is 2.45. The fourth-order valence-electron chi connectivity index (χ4n) is 1.70. The number of hydrogen-bond donors (Lipinski definition) is 1. The Hall–Kier alpha value is -0.740. The van der Waals surface area contributed by atoms with Gasteiger partial charge in [-0.15, -0.1) is 0 Å². The van der Waals surface area contributed by atoms with Crippen LogP contribution in [0.15, 0.2) is 18.2 Å². The molecule has 0 aromatic heterocycles. The molecule has 80 valence electrons. The second kappa shape index (κ2) is 4.02. The number of rotatable bonds is 1. The molecule has 1 heterocycles. The van der Waals surface area contributed by atoms with Gasteiger partial charge >= 0.3 is 0 Å². The molecule has 0 spiro atoms. The monoisotopic (exact) mass is 288 g/mol. The molecule has 3 nitrogen and oxygen atoms in total. The summed E-state index contributed by atoms with van der Waals surface area (Å²) in [4.78, 5) is 13.5. The Bertz CT molecular complexity index is 390. The number of anilines is 2. The van der Waals surface area contributed by atoms with E-state index < -0.39 is 0 Å². The third kappa shape index (κ3) is 1.96. The van der Waals surface area contributed by atoms with Crippen LogP contribution < -0.4 is 10.6 Å². The number of nitrogens with two attached hydrogens (primary N) is 1. The molecule has 1 aromatic carbocycles. The minimum Gasteiger partial charge on any atom is -0.397 e. The Labute approximate surface area is 101 Å². The number of nitrogens with zero attached hydrogens (tertiary/aromatic N) is 1. The Morgan fingerprint density at radius 3 is 2.80 bits per heavy atom. The predicted molar refractivity (Wildman–Crippen MR) is 65.5 cm³/mol. The van der Waals surface area contributed by atoms with E-state index in [1.54, 1.807) is 23.1 Å². The SMILES string of the molecule is Nc1cccc(Cl)c1N1CC(Br)CC1=O. The standard InChI is InChI=1S/C10H10BrClN2O/c11-6-4-9(15)14(5-6)10-7(12)2-1-3-8(10)13/h1-3,6H,4-5,13H2. The van der Waals surface area contributed by atoms with Crippen LogP contribution in [0.5, 0.6) is 0 Å². The molecule has 1 saturated heterocycles. The van der Waals surface area contributed by atoms with Crippen molar-refractivity contribution in [1.82, 2.24) is 0 Å². The largest absolute Gasteiger partial charge is 0.397 e.